The first-order valence-electron chi connectivity index (χ1n) is 7.51. The highest BCUT2D eigenvalue weighted by Crippen LogP contribution is 2.44. The van der Waals surface area contributed by atoms with Crippen LogP contribution in [-0.4, -0.2) is 26.1 Å². The molecule has 1 aliphatic carbocycles. The topological polar surface area (TPSA) is 50.4 Å². The Morgan fingerprint density at radius 2 is 2.27 bits per heavy atom. The molecule has 3 rings (SSSR count). The average Bonchev–Trinajstić information content (AvgIpc) is 2.94. The fourth-order valence-electron chi connectivity index (χ4n) is 3.66. The molecule has 2 aliphatic rings. The molecule has 1 aromatic rings. The van der Waals surface area contributed by atoms with E-state index in [9.17, 15) is 9.18 Å². The van der Waals surface area contributed by atoms with E-state index < -0.39 is 5.82 Å². The molecule has 0 radical (unpaired) electrons. The molecule has 0 aromatic heterocycles. The molecule has 22 heavy (non-hydrogen) atoms. The lowest BCUT2D eigenvalue weighted by molar-refractivity contribution is -0.128. The maximum atomic E-state index is 13.9. The standard InChI is InChI=1S/C16H21FN2O2.ClH/c1-21-12-5-6-13(17)14(8-12)19-15(20)16-7-3-2-4-11(16)9-18-10-16;/h5-6,8,11,18H,2-4,7,9-10H2,1H3,(H,19,20);1H/t11-,16+;/m0./s1. The minimum absolute atomic E-state index is 0. The number of hydrogen-bond donors (Lipinski definition) is 2. The first-order chi connectivity index (χ1) is 10.2. The molecule has 0 unspecified atom stereocenters. The third kappa shape index (κ3) is 2.92. The molecule has 2 N–H and O–H groups in total. The molecule has 1 aliphatic heterocycles. The predicted octanol–water partition coefficient (Wildman–Crippen LogP) is 2.97. The molecule has 1 saturated carbocycles. The zero-order valence-corrected chi connectivity index (χ0v) is 13.5. The summed E-state index contributed by atoms with van der Waals surface area (Å²) in [7, 11) is 1.52. The zero-order chi connectivity index (χ0) is 14.9. The molecule has 122 valence electrons. The smallest absolute Gasteiger partial charge is 0.232 e. The molecule has 1 amide bonds. The Kier molecular flexibility index (Phi) is 5.29. The normalized spacial score (nSPS) is 26.7. The number of carbonyl (C=O) groups is 1. The highest BCUT2D eigenvalue weighted by molar-refractivity contribution is 5.96. The Labute approximate surface area is 136 Å². The van der Waals surface area contributed by atoms with Crippen LogP contribution in [0.3, 0.4) is 0 Å². The van der Waals surface area contributed by atoms with Gasteiger partial charge in [0.15, 0.2) is 0 Å². The summed E-state index contributed by atoms with van der Waals surface area (Å²) in [6, 6.07) is 4.39. The SMILES string of the molecule is COc1ccc(F)c(NC(=O)[C@@]23CCCC[C@H]2CNC3)c1.Cl. The Morgan fingerprint density at radius 3 is 3.05 bits per heavy atom. The monoisotopic (exact) mass is 328 g/mol. The van der Waals surface area contributed by atoms with Gasteiger partial charge in [0.1, 0.15) is 11.6 Å². The van der Waals surface area contributed by atoms with Gasteiger partial charge in [-0.25, -0.2) is 4.39 Å². The minimum Gasteiger partial charge on any atom is -0.497 e. The van der Waals surface area contributed by atoms with Gasteiger partial charge in [0.2, 0.25) is 5.91 Å². The van der Waals surface area contributed by atoms with Crippen molar-refractivity contribution in [3.05, 3.63) is 24.0 Å². The summed E-state index contributed by atoms with van der Waals surface area (Å²) >= 11 is 0. The van der Waals surface area contributed by atoms with Crippen LogP contribution >= 0.6 is 12.4 Å². The van der Waals surface area contributed by atoms with Crippen molar-refractivity contribution in [1.29, 1.82) is 0 Å². The first-order valence-corrected chi connectivity index (χ1v) is 7.51. The van der Waals surface area contributed by atoms with Gasteiger partial charge in [0.25, 0.3) is 0 Å². The van der Waals surface area contributed by atoms with Crippen LogP contribution < -0.4 is 15.4 Å². The van der Waals surface area contributed by atoms with Crippen LogP contribution in [0.25, 0.3) is 0 Å². The van der Waals surface area contributed by atoms with Gasteiger partial charge in [-0.2, -0.15) is 0 Å². The van der Waals surface area contributed by atoms with E-state index in [1.807, 2.05) is 0 Å². The van der Waals surface area contributed by atoms with Crippen LogP contribution in [-0.2, 0) is 4.79 Å². The molecule has 6 heteroatoms. The number of amides is 1. The molecular weight excluding hydrogens is 307 g/mol. The van der Waals surface area contributed by atoms with Crippen molar-refractivity contribution < 1.29 is 13.9 Å². The molecule has 1 heterocycles. The van der Waals surface area contributed by atoms with Crippen molar-refractivity contribution in [1.82, 2.24) is 5.32 Å². The van der Waals surface area contributed by atoms with Crippen molar-refractivity contribution in [3.8, 4) is 5.75 Å². The summed E-state index contributed by atoms with van der Waals surface area (Å²) in [6.07, 6.45) is 4.18. The van der Waals surface area contributed by atoms with E-state index in [1.54, 1.807) is 6.07 Å². The Morgan fingerprint density at radius 1 is 1.45 bits per heavy atom. The number of nitrogens with one attached hydrogen (secondary N) is 2. The second-order valence-corrected chi connectivity index (χ2v) is 6.03. The van der Waals surface area contributed by atoms with Crippen LogP contribution in [0.4, 0.5) is 10.1 Å². The van der Waals surface area contributed by atoms with Gasteiger partial charge in [-0.1, -0.05) is 12.8 Å². The van der Waals surface area contributed by atoms with Gasteiger partial charge in [-0.05, 0) is 37.4 Å². The zero-order valence-electron chi connectivity index (χ0n) is 12.7. The fraction of sp³-hybridized carbons (Fsp3) is 0.562. The molecule has 1 saturated heterocycles. The van der Waals surface area contributed by atoms with Crippen molar-refractivity contribution in [2.75, 3.05) is 25.5 Å². The van der Waals surface area contributed by atoms with E-state index in [2.05, 4.69) is 10.6 Å². The van der Waals surface area contributed by atoms with E-state index >= 15 is 0 Å². The van der Waals surface area contributed by atoms with Crippen molar-refractivity contribution in [2.24, 2.45) is 11.3 Å². The van der Waals surface area contributed by atoms with E-state index in [4.69, 9.17) is 4.74 Å². The summed E-state index contributed by atoms with van der Waals surface area (Å²) in [6.45, 7) is 1.57. The predicted molar refractivity (Wildman–Crippen MR) is 86.1 cm³/mol. The maximum absolute atomic E-state index is 13.9. The highest BCUT2D eigenvalue weighted by Gasteiger charge is 2.49. The van der Waals surface area contributed by atoms with Crippen LogP contribution in [0.2, 0.25) is 0 Å². The summed E-state index contributed by atoms with van der Waals surface area (Å²) < 4.78 is 19.0. The molecule has 0 bridgehead atoms. The molecule has 0 spiro atoms. The van der Waals surface area contributed by atoms with Crippen LogP contribution in [0, 0.1) is 17.2 Å². The summed E-state index contributed by atoms with van der Waals surface area (Å²) in [5, 5.41) is 6.11. The number of hydrogen-bond acceptors (Lipinski definition) is 3. The van der Waals surface area contributed by atoms with Crippen LogP contribution in [0.5, 0.6) is 5.75 Å². The molecule has 2 fully saturated rings. The molecule has 2 atom stereocenters. The second kappa shape index (κ2) is 6.84. The number of halogens is 2. The van der Waals surface area contributed by atoms with E-state index in [0.29, 0.717) is 18.2 Å². The van der Waals surface area contributed by atoms with Crippen molar-refractivity contribution >= 4 is 24.0 Å². The van der Waals surface area contributed by atoms with E-state index in [-0.39, 0.29) is 29.4 Å². The first kappa shape index (κ1) is 17.0. The number of carbonyl (C=O) groups excluding carboxylic acids is 1. The number of rotatable bonds is 3. The van der Waals surface area contributed by atoms with Gasteiger partial charge in [0, 0.05) is 12.6 Å². The summed E-state index contributed by atoms with van der Waals surface area (Å²) in [5.74, 6) is 0.400. The highest BCUT2D eigenvalue weighted by atomic mass is 35.5. The van der Waals surface area contributed by atoms with E-state index in [1.165, 1.54) is 25.7 Å². The van der Waals surface area contributed by atoms with Crippen LogP contribution in [0.1, 0.15) is 25.7 Å². The summed E-state index contributed by atoms with van der Waals surface area (Å²) in [4.78, 5) is 12.8. The fourth-order valence-corrected chi connectivity index (χ4v) is 3.66. The van der Waals surface area contributed by atoms with Crippen LogP contribution in [0.15, 0.2) is 18.2 Å². The third-order valence-electron chi connectivity index (χ3n) is 4.91. The van der Waals surface area contributed by atoms with Gasteiger partial charge in [0.05, 0.1) is 18.2 Å². The van der Waals surface area contributed by atoms with Crippen molar-refractivity contribution in [2.45, 2.75) is 25.7 Å². The quantitative estimate of drug-likeness (QED) is 0.897. The maximum Gasteiger partial charge on any atom is 0.232 e. The molecular formula is C16H22ClFN2O2. The average molecular weight is 329 g/mol. The number of anilines is 1. The molecule has 4 nitrogen and oxygen atoms in total. The van der Waals surface area contributed by atoms with Gasteiger partial charge >= 0.3 is 0 Å². The molecule has 1 aromatic carbocycles. The Hall–Kier alpha value is -1.33. The number of benzene rings is 1. The van der Waals surface area contributed by atoms with Gasteiger partial charge < -0.3 is 15.4 Å². The Bertz CT molecular complexity index is 555. The lowest BCUT2D eigenvalue weighted by Crippen LogP contribution is -2.44. The number of methoxy groups -OCH3 is 1. The van der Waals surface area contributed by atoms with Crippen molar-refractivity contribution in [3.63, 3.8) is 0 Å². The van der Waals surface area contributed by atoms with Gasteiger partial charge in [-0.3, -0.25) is 4.79 Å². The largest absolute Gasteiger partial charge is 0.497 e. The summed E-state index contributed by atoms with van der Waals surface area (Å²) in [5.41, 5.74) is -0.182. The third-order valence-corrected chi connectivity index (χ3v) is 4.91. The lowest BCUT2D eigenvalue weighted by Gasteiger charge is -2.37. The minimum atomic E-state index is -0.432. The second-order valence-electron chi connectivity index (χ2n) is 6.03. The Balaban J connectivity index is 0.00000176. The number of ether oxygens (including phenoxy) is 1. The van der Waals surface area contributed by atoms with Gasteiger partial charge in [-0.15, -0.1) is 12.4 Å². The lowest BCUT2D eigenvalue weighted by atomic mass is 9.67. The number of fused-ring (bicyclic) bond motifs is 1. The van der Waals surface area contributed by atoms with E-state index in [0.717, 1.165) is 25.8 Å².